The summed E-state index contributed by atoms with van der Waals surface area (Å²) >= 11 is 5.92. The Kier molecular flexibility index (Phi) is 3.18. The van der Waals surface area contributed by atoms with Gasteiger partial charge in [-0.05, 0) is 24.5 Å². The number of thiocarbonyl (C=S) groups is 1. The van der Waals surface area contributed by atoms with Crippen LogP contribution in [0.3, 0.4) is 0 Å². The Bertz CT molecular complexity index is 1010. The molecule has 0 unspecified atom stereocenters. The van der Waals surface area contributed by atoms with E-state index in [1.54, 1.807) is 14.2 Å². The number of rotatable bonds is 2. The van der Waals surface area contributed by atoms with E-state index in [1.807, 2.05) is 6.07 Å². The number of esters is 1. The van der Waals surface area contributed by atoms with E-state index in [0.29, 0.717) is 18.6 Å². The molecule has 6 rings (SSSR count). The highest BCUT2D eigenvalue weighted by Gasteiger charge is 2.82. The molecule has 4 atom stereocenters. The standard InChI is InChI=1S/C22H24N2O4S/c1-23-15-7-9-20-8-4-10-24-16(29)11-21(15,22(20,24)28-17(25)12-20)13-5-6-14(26-2)19(27-3)18(13)23/h5-7,9,15H,4,8,10-12H2,1-3H3/t15-,20-,21-,22+/m1/s1. The molecule has 6 nitrogen and oxygen atoms in total. The summed E-state index contributed by atoms with van der Waals surface area (Å²) < 4.78 is 17.8. The fourth-order valence-electron chi connectivity index (χ4n) is 7.16. The maximum Gasteiger partial charge on any atom is 0.309 e. The number of fused-ring (bicyclic) bond motifs is 1. The fourth-order valence-corrected chi connectivity index (χ4v) is 7.61. The molecule has 0 radical (unpaired) electrons. The lowest BCUT2D eigenvalue weighted by Crippen LogP contribution is -2.71. The first kappa shape index (κ1) is 17.6. The third-order valence-corrected chi connectivity index (χ3v) is 8.35. The number of methoxy groups -OCH3 is 2. The van der Waals surface area contributed by atoms with Crippen molar-refractivity contribution in [3.8, 4) is 11.5 Å². The highest BCUT2D eigenvalue weighted by molar-refractivity contribution is 7.80. The minimum Gasteiger partial charge on any atom is -0.493 e. The normalized spacial score (nSPS) is 38.4. The lowest BCUT2D eigenvalue weighted by atomic mass is 9.53. The summed E-state index contributed by atoms with van der Waals surface area (Å²) in [4.78, 5) is 18.2. The second-order valence-electron chi connectivity index (χ2n) is 8.86. The number of hydrogen-bond acceptors (Lipinski definition) is 6. The molecular formula is C22H24N2O4S. The first-order valence-corrected chi connectivity index (χ1v) is 10.6. The lowest BCUT2D eigenvalue weighted by Gasteiger charge is -2.59. The van der Waals surface area contributed by atoms with Crippen LogP contribution in [0.2, 0.25) is 0 Å². The average molecular weight is 413 g/mol. The number of nitrogens with zero attached hydrogens (tertiary/aromatic N) is 2. The van der Waals surface area contributed by atoms with Crippen LogP contribution in [0.15, 0.2) is 24.3 Å². The molecule has 152 valence electrons. The summed E-state index contributed by atoms with van der Waals surface area (Å²) in [5.74, 6) is 1.30. The Morgan fingerprint density at radius 1 is 1.24 bits per heavy atom. The van der Waals surface area contributed by atoms with Gasteiger partial charge in [-0.15, -0.1) is 0 Å². The molecule has 3 saturated heterocycles. The predicted octanol–water partition coefficient (Wildman–Crippen LogP) is 2.79. The largest absolute Gasteiger partial charge is 0.493 e. The van der Waals surface area contributed by atoms with Gasteiger partial charge in [-0.2, -0.15) is 0 Å². The van der Waals surface area contributed by atoms with Crippen molar-refractivity contribution in [3.05, 3.63) is 29.8 Å². The second kappa shape index (κ2) is 5.25. The molecule has 0 saturated carbocycles. The summed E-state index contributed by atoms with van der Waals surface area (Å²) in [6.45, 7) is 0.836. The minimum atomic E-state index is -0.759. The van der Waals surface area contributed by atoms with E-state index < -0.39 is 11.1 Å². The van der Waals surface area contributed by atoms with Crippen molar-refractivity contribution in [1.29, 1.82) is 0 Å². The van der Waals surface area contributed by atoms with Gasteiger partial charge in [0, 0.05) is 20.0 Å². The first-order valence-electron chi connectivity index (χ1n) is 10.2. The monoisotopic (exact) mass is 412 g/mol. The lowest BCUT2D eigenvalue weighted by molar-refractivity contribution is -0.198. The number of piperidine rings is 1. The topological polar surface area (TPSA) is 51.2 Å². The number of carbonyl (C=O) groups excluding carboxylic acids is 1. The zero-order valence-electron chi connectivity index (χ0n) is 16.9. The Morgan fingerprint density at radius 3 is 2.83 bits per heavy atom. The van der Waals surface area contributed by atoms with E-state index in [9.17, 15) is 4.79 Å². The zero-order valence-corrected chi connectivity index (χ0v) is 17.7. The molecule has 1 aliphatic carbocycles. The van der Waals surface area contributed by atoms with Gasteiger partial charge >= 0.3 is 5.97 Å². The summed E-state index contributed by atoms with van der Waals surface area (Å²) in [5, 5.41) is 0. The molecule has 29 heavy (non-hydrogen) atoms. The molecule has 0 amide bonds. The van der Waals surface area contributed by atoms with Crippen LogP contribution in [0.1, 0.15) is 31.2 Å². The predicted molar refractivity (Wildman–Crippen MR) is 112 cm³/mol. The van der Waals surface area contributed by atoms with Crippen molar-refractivity contribution < 1.29 is 19.0 Å². The van der Waals surface area contributed by atoms with E-state index in [0.717, 1.165) is 41.4 Å². The smallest absolute Gasteiger partial charge is 0.309 e. The fraction of sp³-hybridized carbons (Fsp3) is 0.545. The Labute approximate surface area is 175 Å². The van der Waals surface area contributed by atoms with Crippen molar-refractivity contribution in [3.63, 3.8) is 0 Å². The van der Waals surface area contributed by atoms with Gasteiger partial charge in [-0.1, -0.05) is 30.4 Å². The summed E-state index contributed by atoms with van der Waals surface area (Å²) in [6.07, 6.45) is 7.60. The maximum absolute atomic E-state index is 12.8. The van der Waals surface area contributed by atoms with Gasteiger partial charge in [-0.3, -0.25) is 4.79 Å². The average Bonchev–Trinajstić information content (AvgIpc) is 3.25. The molecule has 5 aliphatic rings. The van der Waals surface area contributed by atoms with Crippen LogP contribution >= 0.6 is 12.2 Å². The first-order chi connectivity index (χ1) is 14.0. The van der Waals surface area contributed by atoms with E-state index in [1.165, 1.54) is 0 Å². The number of benzene rings is 1. The summed E-state index contributed by atoms with van der Waals surface area (Å²) in [6, 6.07) is 4.11. The van der Waals surface area contributed by atoms with E-state index in [4.69, 9.17) is 26.4 Å². The molecule has 4 heterocycles. The van der Waals surface area contributed by atoms with Gasteiger partial charge in [0.15, 0.2) is 11.5 Å². The van der Waals surface area contributed by atoms with E-state index >= 15 is 0 Å². The number of anilines is 1. The van der Waals surface area contributed by atoms with Crippen LogP contribution in [0, 0.1) is 5.41 Å². The minimum absolute atomic E-state index is 0.0265. The molecule has 1 aromatic carbocycles. The van der Waals surface area contributed by atoms with Crippen LogP contribution in [-0.2, 0) is 14.9 Å². The van der Waals surface area contributed by atoms with Crippen molar-refractivity contribution in [2.24, 2.45) is 5.41 Å². The van der Waals surface area contributed by atoms with Crippen LogP contribution in [0.25, 0.3) is 0 Å². The van der Waals surface area contributed by atoms with Crippen LogP contribution in [-0.4, -0.2) is 55.4 Å². The third-order valence-electron chi connectivity index (χ3n) is 7.99. The Balaban J connectivity index is 1.72. The molecular weight excluding hydrogens is 388 g/mol. The third kappa shape index (κ3) is 1.61. The SMILES string of the molecule is COc1ccc2c(c1OC)N(C)[C@@H]1C=C[C@@]34CCCN5C(=S)C[C@@]21[C@]53OC(=O)C4. The molecule has 0 aromatic heterocycles. The Morgan fingerprint density at radius 2 is 2.07 bits per heavy atom. The van der Waals surface area contributed by atoms with Crippen molar-refractivity contribution in [2.75, 3.05) is 32.7 Å². The van der Waals surface area contributed by atoms with Gasteiger partial charge in [0.1, 0.15) is 0 Å². The van der Waals surface area contributed by atoms with Gasteiger partial charge in [0.25, 0.3) is 0 Å². The van der Waals surface area contributed by atoms with Crippen molar-refractivity contribution >= 4 is 28.9 Å². The van der Waals surface area contributed by atoms with E-state index in [2.05, 4.69) is 35.1 Å². The molecule has 4 aliphatic heterocycles. The summed E-state index contributed by atoms with van der Waals surface area (Å²) in [5.41, 5.74) is 0.595. The summed E-state index contributed by atoms with van der Waals surface area (Å²) in [7, 11) is 5.41. The quantitative estimate of drug-likeness (QED) is 0.421. The number of hydrogen-bond donors (Lipinski definition) is 0. The van der Waals surface area contributed by atoms with Gasteiger partial charge in [-0.25, -0.2) is 0 Å². The zero-order chi connectivity index (χ0) is 20.2. The Hall–Kier alpha value is -2.28. The molecule has 0 N–H and O–H groups in total. The highest BCUT2D eigenvalue weighted by atomic mass is 32.1. The highest BCUT2D eigenvalue weighted by Crippen LogP contribution is 2.72. The molecule has 3 fully saturated rings. The molecule has 2 spiro atoms. The molecule has 7 heteroatoms. The van der Waals surface area contributed by atoms with Crippen molar-refractivity contribution in [2.45, 2.75) is 42.9 Å². The maximum atomic E-state index is 12.8. The van der Waals surface area contributed by atoms with Gasteiger partial charge in [0.05, 0.1) is 48.2 Å². The molecule has 1 aromatic rings. The number of likely N-dealkylation sites (N-methyl/N-ethyl adjacent to an activating group) is 1. The van der Waals surface area contributed by atoms with Gasteiger partial charge in [0.2, 0.25) is 5.72 Å². The van der Waals surface area contributed by atoms with Crippen LogP contribution < -0.4 is 14.4 Å². The molecule has 0 bridgehead atoms. The van der Waals surface area contributed by atoms with Gasteiger partial charge < -0.3 is 24.0 Å². The van der Waals surface area contributed by atoms with E-state index in [-0.39, 0.29) is 17.4 Å². The number of carbonyl (C=O) groups is 1. The van der Waals surface area contributed by atoms with Crippen LogP contribution in [0.4, 0.5) is 5.69 Å². The second-order valence-corrected chi connectivity index (χ2v) is 9.33. The number of ether oxygens (including phenoxy) is 3. The van der Waals surface area contributed by atoms with Crippen LogP contribution in [0.5, 0.6) is 11.5 Å². The van der Waals surface area contributed by atoms with Crippen molar-refractivity contribution in [1.82, 2.24) is 4.90 Å².